The molecule has 3 N–H and O–H groups in total. The van der Waals surface area contributed by atoms with E-state index in [0.717, 1.165) is 22.3 Å². The molecule has 4 rings (SSSR count). The number of carbonyl (C=O) groups is 3. The minimum absolute atomic E-state index is 0.0108. The zero-order valence-electron chi connectivity index (χ0n) is 19.3. The number of carboxylic acid groups (broad SMARTS) is 1. The molecule has 1 aliphatic carbocycles. The van der Waals surface area contributed by atoms with Gasteiger partial charge in [-0.05, 0) is 34.6 Å². The summed E-state index contributed by atoms with van der Waals surface area (Å²) in [6.45, 7) is 2.40. The van der Waals surface area contributed by atoms with Gasteiger partial charge < -0.3 is 25.0 Å². The van der Waals surface area contributed by atoms with Crippen molar-refractivity contribution in [3.63, 3.8) is 0 Å². The zero-order valence-corrected chi connectivity index (χ0v) is 19.3. The Bertz CT molecular complexity index is 1180. The molecule has 9 nitrogen and oxygen atoms in total. The second-order valence-corrected chi connectivity index (χ2v) is 8.61. The minimum Gasteiger partial charge on any atom is -0.481 e. The molecule has 1 unspecified atom stereocenters. The number of nitrogens with one attached hydrogen (secondary N) is 2. The first kappa shape index (κ1) is 24.0. The first-order chi connectivity index (χ1) is 16.9. The summed E-state index contributed by atoms with van der Waals surface area (Å²) < 4.78 is 10.6. The number of amides is 2. The maximum atomic E-state index is 12.3. The number of hydrogen-bond donors (Lipinski definition) is 3. The van der Waals surface area contributed by atoms with Crippen LogP contribution in [0.2, 0.25) is 0 Å². The summed E-state index contributed by atoms with van der Waals surface area (Å²) in [7, 11) is 0. The second kappa shape index (κ2) is 10.9. The molecule has 0 aliphatic heterocycles. The molecule has 1 atom stereocenters. The molecule has 0 bridgehead atoms. The van der Waals surface area contributed by atoms with Gasteiger partial charge in [-0.2, -0.15) is 0 Å². The molecule has 1 heterocycles. The largest absolute Gasteiger partial charge is 0.481 e. The number of carbonyl (C=O) groups excluding carboxylic acids is 2. The van der Waals surface area contributed by atoms with Crippen molar-refractivity contribution in [3.05, 3.63) is 77.2 Å². The number of alkyl carbamates (subject to hydrolysis) is 1. The number of hydrogen-bond acceptors (Lipinski definition) is 6. The molecule has 3 aromatic rings. The standard InChI is InChI=1S/C26H27N3O6/c1-16(10-11-24(30)31)13-27-25(32)23-12-17(35-29-23)14-28-26(33)34-15-22-20-8-4-2-6-18(20)19-7-3-5-9-21(19)22/h2-9,12,16,22H,10-11,13-15H2,1H3,(H,27,32)(H,28,33)(H,30,31). The maximum Gasteiger partial charge on any atom is 0.407 e. The average Bonchev–Trinajstić information content (AvgIpc) is 3.46. The Morgan fingerprint density at radius 3 is 2.37 bits per heavy atom. The lowest BCUT2D eigenvalue weighted by atomic mass is 9.98. The first-order valence-electron chi connectivity index (χ1n) is 11.5. The van der Waals surface area contributed by atoms with Crippen LogP contribution in [-0.2, 0) is 16.1 Å². The average molecular weight is 478 g/mol. The van der Waals surface area contributed by atoms with E-state index < -0.39 is 18.0 Å². The number of rotatable bonds is 10. The van der Waals surface area contributed by atoms with Gasteiger partial charge in [-0.25, -0.2) is 4.79 Å². The Morgan fingerprint density at radius 2 is 1.71 bits per heavy atom. The second-order valence-electron chi connectivity index (χ2n) is 8.61. The molecular formula is C26H27N3O6. The van der Waals surface area contributed by atoms with E-state index in [0.29, 0.717) is 18.7 Å². The Labute approximate surface area is 202 Å². The van der Waals surface area contributed by atoms with Gasteiger partial charge in [-0.3, -0.25) is 9.59 Å². The zero-order chi connectivity index (χ0) is 24.8. The molecule has 0 saturated carbocycles. The predicted molar refractivity (Wildman–Crippen MR) is 127 cm³/mol. The highest BCUT2D eigenvalue weighted by molar-refractivity contribution is 5.92. The fourth-order valence-corrected chi connectivity index (χ4v) is 4.14. The molecule has 0 spiro atoms. The van der Waals surface area contributed by atoms with E-state index in [-0.39, 0.29) is 37.1 Å². The molecule has 1 aliphatic rings. The molecule has 2 aromatic carbocycles. The van der Waals surface area contributed by atoms with E-state index in [1.54, 1.807) is 0 Å². The SMILES string of the molecule is CC(CCC(=O)O)CNC(=O)c1cc(CNC(=O)OCC2c3ccccc3-c3ccccc32)on1. The van der Waals surface area contributed by atoms with Gasteiger partial charge >= 0.3 is 12.1 Å². The molecular weight excluding hydrogens is 450 g/mol. The molecule has 9 heteroatoms. The topological polar surface area (TPSA) is 131 Å². The smallest absolute Gasteiger partial charge is 0.407 e. The van der Waals surface area contributed by atoms with E-state index in [1.807, 2.05) is 31.2 Å². The monoisotopic (exact) mass is 477 g/mol. The number of aromatic nitrogens is 1. The van der Waals surface area contributed by atoms with Crippen molar-refractivity contribution in [1.82, 2.24) is 15.8 Å². The van der Waals surface area contributed by atoms with Gasteiger partial charge in [0.1, 0.15) is 6.61 Å². The third kappa shape index (κ3) is 5.87. The fraction of sp³-hybridized carbons (Fsp3) is 0.308. The van der Waals surface area contributed by atoms with Crippen molar-refractivity contribution in [2.75, 3.05) is 13.2 Å². The van der Waals surface area contributed by atoms with Gasteiger partial charge in [0.05, 0.1) is 6.54 Å². The summed E-state index contributed by atoms with van der Waals surface area (Å²) in [4.78, 5) is 35.2. The van der Waals surface area contributed by atoms with E-state index in [2.05, 4.69) is 40.1 Å². The van der Waals surface area contributed by atoms with Crippen LogP contribution in [0.4, 0.5) is 4.79 Å². The van der Waals surface area contributed by atoms with Crippen molar-refractivity contribution in [2.24, 2.45) is 5.92 Å². The van der Waals surface area contributed by atoms with Gasteiger partial charge in [0.15, 0.2) is 11.5 Å². The predicted octanol–water partition coefficient (Wildman–Crippen LogP) is 3.94. The van der Waals surface area contributed by atoms with Crippen LogP contribution in [0.3, 0.4) is 0 Å². The molecule has 182 valence electrons. The normalized spacial score (nSPS) is 12.9. The maximum absolute atomic E-state index is 12.3. The third-order valence-corrected chi connectivity index (χ3v) is 6.00. The number of aliphatic carboxylic acids is 1. The third-order valence-electron chi connectivity index (χ3n) is 6.00. The van der Waals surface area contributed by atoms with Crippen LogP contribution < -0.4 is 10.6 Å². The number of fused-ring (bicyclic) bond motifs is 3. The van der Waals surface area contributed by atoms with Crippen molar-refractivity contribution in [2.45, 2.75) is 32.2 Å². The summed E-state index contributed by atoms with van der Waals surface area (Å²) in [5, 5.41) is 17.8. The number of nitrogens with zero attached hydrogens (tertiary/aromatic N) is 1. The number of benzene rings is 2. The van der Waals surface area contributed by atoms with Crippen LogP contribution >= 0.6 is 0 Å². The highest BCUT2D eigenvalue weighted by Gasteiger charge is 2.29. The Hall–Kier alpha value is -4.14. The Morgan fingerprint density at radius 1 is 1.06 bits per heavy atom. The van der Waals surface area contributed by atoms with Gasteiger partial charge in [0.25, 0.3) is 5.91 Å². The highest BCUT2D eigenvalue weighted by Crippen LogP contribution is 2.44. The van der Waals surface area contributed by atoms with Crippen molar-refractivity contribution < 1.29 is 28.8 Å². The van der Waals surface area contributed by atoms with Crippen molar-refractivity contribution in [3.8, 4) is 11.1 Å². The highest BCUT2D eigenvalue weighted by atomic mass is 16.5. The van der Waals surface area contributed by atoms with Gasteiger partial charge in [-0.15, -0.1) is 0 Å². The summed E-state index contributed by atoms with van der Waals surface area (Å²) >= 11 is 0. The molecule has 2 amide bonds. The number of carboxylic acids is 1. The molecule has 1 aromatic heterocycles. The van der Waals surface area contributed by atoms with E-state index >= 15 is 0 Å². The van der Waals surface area contributed by atoms with Gasteiger partial charge in [0, 0.05) is 24.9 Å². The van der Waals surface area contributed by atoms with E-state index in [1.165, 1.54) is 6.07 Å². The Balaban J connectivity index is 1.24. The summed E-state index contributed by atoms with van der Waals surface area (Å²) in [5.41, 5.74) is 4.65. The van der Waals surface area contributed by atoms with Crippen LogP contribution in [0, 0.1) is 5.92 Å². The van der Waals surface area contributed by atoms with Crippen LogP contribution in [0.5, 0.6) is 0 Å². The van der Waals surface area contributed by atoms with E-state index in [9.17, 15) is 14.4 Å². The lowest BCUT2D eigenvalue weighted by Crippen LogP contribution is -2.28. The molecule has 0 radical (unpaired) electrons. The first-order valence-corrected chi connectivity index (χ1v) is 11.5. The number of ether oxygens (including phenoxy) is 1. The van der Waals surface area contributed by atoms with Crippen LogP contribution in [-0.4, -0.2) is 41.4 Å². The lowest BCUT2D eigenvalue weighted by Gasteiger charge is -2.14. The quantitative estimate of drug-likeness (QED) is 0.403. The van der Waals surface area contributed by atoms with Gasteiger partial charge in [0.2, 0.25) is 0 Å². The van der Waals surface area contributed by atoms with Crippen LogP contribution in [0.15, 0.2) is 59.1 Å². The van der Waals surface area contributed by atoms with Gasteiger partial charge in [-0.1, -0.05) is 60.6 Å². The van der Waals surface area contributed by atoms with Crippen molar-refractivity contribution in [1.29, 1.82) is 0 Å². The summed E-state index contributed by atoms with van der Waals surface area (Å²) in [5.74, 6) is -1.01. The van der Waals surface area contributed by atoms with Crippen LogP contribution in [0.25, 0.3) is 11.1 Å². The Kier molecular flexibility index (Phi) is 7.45. The molecule has 0 saturated heterocycles. The van der Waals surface area contributed by atoms with Crippen LogP contribution in [0.1, 0.15) is 53.1 Å². The van der Waals surface area contributed by atoms with E-state index in [4.69, 9.17) is 14.4 Å². The lowest BCUT2D eigenvalue weighted by molar-refractivity contribution is -0.137. The fourth-order valence-electron chi connectivity index (χ4n) is 4.14. The molecule has 0 fully saturated rings. The summed E-state index contributed by atoms with van der Waals surface area (Å²) in [6.07, 6.45) is -0.0855. The summed E-state index contributed by atoms with van der Waals surface area (Å²) in [6, 6.07) is 17.6. The van der Waals surface area contributed by atoms with Crippen molar-refractivity contribution >= 4 is 18.0 Å². The molecule has 35 heavy (non-hydrogen) atoms. The minimum atomic E-state index is -0.867.